The number of nitrogens with two attached hydrogens (primary N) is 1. The van der Waals surface area contributed by atoms with Crippen LogP contribution >= 0.6 is 31.9 Å². The van der Waals surface area contributed by atoms with Gasteiger partial charge in [0.1, 0.15) is 4.90 Å². The molecule has 2 aromatic carbocycles. The normalized spacial score (nSPS) is 11.3. The number of nitrogens with one attached hydrogen (secondary N) is 1. The van der Waals surface area contributed by atoms with Gasteiger partial charge in [-0.1, -0.05) is 22.0 Å². The minimum atomic E-state index is -3.66. The zero-order valence-corrected chi connectivity index (χ0v) is 14.3. The predicted octanol–water partition coefficient (Wildman–Crippen LogP) is 3.47. The summed E-state index contributed by atoms with van der Waals surface area (Å²) < 4.78 is 28.7. The fourth-order valence-electron chi connectivity index (χ4n) is 1.61. The van der Waals surface area contributed by atoms with Gasteiger partial charge in [-0.05, 0) is 57.9 Å². The van der Waals surface area contributed by atoms with E-state index in [1.165, 1.54) is 0 Å². The Labute approximate surface area is 134 Å². The van der Waals surface area contributed by atoms with E-state index in [1.807, 2.05) is 0 Å². The predicted molar refractivity (Wildman–Crippen MR) is 87.0 cm³/mol. The molecule has 0 spiro atoms. The molecule has 3 N–H and O–H groups in total. The average molecular weight is 420 g/mol. The first kappa shape index (κ1) is 15.5. The first-order chi connectivity index (χ1) is 9.42. The molecule has 2 rings (SSSR count). The van der Waals surface area contributed by atoms with Gasteiger partial charge in [0.25, 0.3) is 10.0 Å². The standard InChI is InChI=1S/C13H12Br2N2O2S/c14-10-2-4-11(5-3-10)17-20(18,19)13-7-9(8-16)1-6-12(13)15/h1-7,17H,8,16H2. The molecule has 7 heteroatoms. The summed E-state index contributed by atoms with van der Waals surface area (Å²) in [5.74, 6) is 0. The Morgan fingerprint density at radius 3 is 2.30 bits per heavy atom. The Morgan fingerprint density at radius 1 is 1.05 bits per heavy atom. The highest BCUT2D eigenvalue weighted by atomic mass is 79.9. The molecule has 4 nitrogen and oxygen atoms in total. The van der Waals surface area contributed by atoms with Gasteiger partial charge in [0.2, 0.25) is 0 Å². The lowest BCUT2D eigenvalue weighted by Crippen LogP contribution is -2.14. The van der Waals surface area contributed by atoms with Crippen LogP contribution in [0, 0.1) is 0 Å². The number of halogens is 2. The van der Waals surface area contributed by atoms with E-state index in [-0.39, 0.29) is 11.4 Å². The Morgan fingerprint density at radius 2 is 1.70 bits per heavy atom. The number of anilines is 1. The van der Waals surface area contributed by atoms with E-state index in [9.17, 15) is 8.42 Å². The second kappa shape index (κ2) is 6.26. The maximum Gasteiger partial charge on any atom is 0.263 e. The molecule has 0 radical (unpaired) electrons. The first-order valence-electron chi connectivity index (χ1n) is 5.69. The third-order valence-electron chi connectivity index (χ3n) is 2.62. The van der Waals surface area contributed by atoms with Crippen molar-refractivity contribution in [2.24, 2.45) is 5.73 Å². The lowest BCUT2D eigenvalue weighted by molar-refractivity contribution is 0.600. The molecule has 0 aliphatic heterocycles. The Bertz CT molecular complexity index is 716. The Balaban J connectivity index is 2.37. The molecule has 0 aliphatic rings. The summed E-state index contributed by atoms with van der Waals surface area (Å²) in [4.78, 5) is 0.170. The number of hydrogen-bond acceptors (Lipinski definition) is 3. The van der Waals surface area contributed by atoms with Gasteiger partial charge in [-0.2, -0.15) is 0 Å². The van der Waals surface area contributed by atoms with Crippen LogP contribution in [0.3, 0.4) is 0 Å². The topological polar surface area (TPSA) is 72.2 Å². The van der Waals surface area contributed by atoms with Crippen LogP contribution in [0.25, 0.3) is 0 Å². The zero-order valence-electron chi connectivity index (χ0n) is 10.3. The van der Waals surface area contributed by atoms with E-state index in [0.717, 1.165) is 10.0 Å². The van der Waals surface area contributed by atoms with Crippen LogP contribution in [0.15, 0.2) is 56.3 Å². The van der Waals surface area contributed by atoms with E-state index in [1.54, 1.807) is 42.5 Å². The fraction of sp³-hybridized carbons (Fsp3) is 0.0769. The molecule has 0 atom stereocenters. The Kier molecular flexibility index (Phi) is 4.85. The fourth-order valence-corrected chi connectivity index (χ4v) is 3.95. The SMILES string of the molecule is NCc1ccc(Br)c(S(=O)(=O)Nc2ccc(Br)cc2)c1. The van der Waals surface area contributed by atoms with Gasteiger partial charge < -0.3 is 5.73 Å². The summed E-state index contributed by atoms with van der Waals surface area (Å²) in [5.41, 5.74) is 6.80. The van der Waals surface area contributed by atoms with Gasteiger partial charge >= 0.3 is 0 Å². The van der Waals surface area contributed by atoms with Crippen LogP contribution in [-0.2, 0) is 16.6 Å². The lowest BCUT2D eigenvalue weighted by atomic mass is 10.2. The molecule has 0 bridgehead atoms. The maximum atomic E-state index is 12.4. The highest BCUT2D eigenvalue weighted by molar-refractivity contribution is 9.10. The van der Waals surface area contributed by atoms with Crippen LogP contribution in [0.2, 0.25) is 0 Å². The van der Waals surface area contributed by atoms with E-state index in [2.05, 4.69) is 36.6 Å². The minimum Gasteiger partial charge on any atom is -0.326 e. The third kappa shape index (κ3) is 3.60. The molecule has 2 aromatic rings. The summed E-state index contributed by atoms with van der Waals surface area (Å²) in [6.45, 7) is 0.286. The number of rotatable bonds is 4. The molecular formula is C13H12Br2N2O2S. The molecule has 0 saturated carbocycles. The van der Waals surface area contributed by atoms with Crippen molar-refractivity contribution < 1.29 is 8.42 Å². The molecule has 0 saturated heterocycles. The second-order valence-electron chi connectivity index (χ2n) is 4.08. The third-order valence-corrected chi connectivity index (χ3v) is 5.52. The summed E-state index contributed by atoms with van der Waals surface area (Å²) in [6.07, 6.45) is 0. The molecule has 0 fully saturated rings. The quantitative estimate of drug-likeness (QED) is 0.796. The monoisotopic (exact) mass is 418 g/mol. The van der Waals surface area contributed by atoms with Crippen molar-refractivity contribution in [3.05, 3.63) is 57.0 Å². The van der Waals surface area contributed by atoms with Crippen molar-refractivity contribution in [3.8, 4) is 0 Å². The summed E-state index contributed by atoms with van der Waals surface area (Å²) in [5, 5.41) is 0. The summed E-state index contributed by atoms with van der Waals surface area (Å²) >= 11 is 6.55. The highest BCUT2D eigenvalue weighted by Crippen LogP contribution is 2.25. The lowest BCUT2D eigenvalue weighted by Gasteiger charge is -2.11. The molecule has 20 heavy (non-hydrogen) atoms. The molecule has 0 aliphatic carbocycles. The van der Waals surface area contributed by atoms with Crippen molar-refractivity contribution in [3.63, 3.8) is 0 Å². The highest BCUT2D eigenvalue weighted by Gasteiger charge is 2.18. The van der Waals surface area contributed by atoms with Gasteiger partial charge in [-0.15, -0.1) is 0 Å². The molecule has 106 valence electrons. The van der Waals surface area contributed by atoms with Crippen LogP contribution in [0.4, 0.5) is 5.69 Å². The van der Waals surface area contributed by atoms with Crippen molar-refractivity contribution in [2.45, 2.75) is 11.4 Å². The summed E-state index contributed by atoms with van der Waals surface area (Å²) in [7, 11) is -3.66. The molecule has 0 heterocycles. The average Bonchev–Trinajstić information content (AvgIpc) is 2.41. The van der Waals surface area contributed by atoms with Crippen LogP contribution in [-0.4, -0.2) is 8.42 Å². The maximum absolute atomic E-state index is 12.4. The number of hydrogen-bond donors (Lipinski definition) is 2. The molecule has 0 unspecified atom stereocenters. The smallest absolute Gasteiger partial charge is 0.263 e. The minimum absolute atomic E-state index is 0.170. The van der Waals surface area contributed by atoms with E-state index in [4.69, 9.17) is 5.73 Å². The van der Waals surface area contributed by atoms with Crippen molar-refractivity contribution in [1.29, 1.82) is 0 Å². The Hall–Kier alpha value is -0.890. The van der Waals surface area contributed by atoms with Crippen molar-refractivity contribution in [2.75, 3.05) is 4.72 Å². The second-order valence-corrected chi connectivity index (χ2v) is 7.50. The largest absolute Gasteiger partial charge is 0.326 e. The van der Waals surface area contributed by atoms with Gasteiger partial charge in [-0.3, -0.25) is 4.72 Å². The van der Waals surface area contributed by atoms with Crippen LogP contribution in [0.1, 0.15) is 5.56 Å². The van der Waals surface area contributed by atoms with Gasteiger partial charge in [-0.25, -0.2) is 8.42 Å². The summed E-state index contributed by atoms with van der Waals surface area (Å²) in [6, 6.07) is 11.9. The number of sulfonamides is 1. The molecule has 0 amide bonds. The van der Waals surface area contributed by atoms with Crippen LogP contribution < -0.4 is 10.5 Å². The van der Waals surface area contributed by atoms with E-state index >= 15 is 0 Å². The molecular weight excluding hydrogens is 408 g/mol. The van der Waals surface area contributed by atoms with Gasteiger partial charge in [0.05, 0.1) is 0 Å². The van der Waals surface area contributed by atoms with Gasteiger partial charge in [0.15, 0.2) is 0 Å². The zero-order chi connectivity index (χ0) is 14.8. The van der Waals surface area contributed by atoms with Gasteiger partial charge in [0, 0.05) is 21.2 Å². The van der Waals surface area contributed by atoms with Crippen molar-refractivity contribution in [1.82, 2.24) is 0 Å². The molecule has 0 aromatic heterocycles. The van der Waals surface area contributed by atoms with E-state index < -0.39 is 10.0 Å². The van der Waals surface area contributed by atoms with E-state index in [0.29, 0.717) is 10.2 Å². The first-order valence-corrected chi connectivity index (χ1v) is 8.76. The van der Waals surface area contributed by atoms with Crippen LogP contribution in [0.5, 0.6) is 0 Å². The van der Waals surface area contributed by atoms with Crippen molar-refractivity contribution >= 4 is 47.6 Å². The number of benzene rings is 2.